The van der Waals surface area contributed by atoms with E-state index in [0.717, 1.165) is 0 Å². The first-order chi connectivity index (χ1) is 12.4. The van der Waals surface area contributed by atoms with Gasteiger partial charge in [-0.2, -0.15) is 0 Å². The predicted molar refractivity (Wildman–Crippen MR) is 104 cm³/mol. The van der Waals surface area contributed by atoms with Crippen LogP contribution < -0.4 is 15.4 Å². The van der Waals surface area contributed by atoms with Gasteiger partial charge < -0.3 is 15.4 Å². The molecule has 0 atom stereocenters. The Morgan fingerprint density at radius 1 is 0.846 bits per heavy atom. The molecule has 5 nitrogen and oxygen atoms in total. The van der Waals surface area contributed by atoms with E-state index in [1.165, 1.54) is 18.2 Å². The van der Waals surface area contributed by atoms with Gasteiger partial charge in [0.2, 0.25) is 0 Å². The second-order valence-electron chi connectivity index (χ2n) is 5.09. The standard InChI is InChI=1S/C17H14Cl4N2O3/c18-10-1-3-12(13(20)7-10)17(25)23-6-5-22-16(24)9-26-15-4-2-11(19)8-14(15)21/h1-4,7-8H,5-6,9H2,(H,22,24)(H,23,25). The normalized spacial score (nSPS) is 10.3. The predicted octanol–water partition coefficient (Wildman–Crippen LogP) is 4.23. The SMILES string of the molecule is O=C(COc1ccc(Cl)cc1Cl)NCCNC(=O)c1ccc(Cl)cc1Cl. The van der Waals surface area contributed by atoms with Gasteiger partial charge in [-0.05, 0) is 36.4 Å². The molecular weight excluding hydrogens is 422 g/mol. The van der Waals surface area contributed by atoms with Gasteiger partial charge in [0.25, 0.3) is 11.8 Å². The zero-order chi connectivity index (χ0) is 19.1. The Morgan fingerprint density at radius 3 is 2.12 bits per heavy atom. The molecule has 2 rings (SSSR count). The van der Waals surface area contributed by atoms with E-state index in [9.17, 15) is 9.59 Å². The van der Waals surface area contributed by atoms with Crippen molar-refractivity contribution >= 4 is 58.2 Å². The van der Waals surface area contributed by atoms with E-state index in [1.54, 1.807) is 18.2 Å². The van der Waals surface area contributed by atoms with E-state index in [0.29, 0.717) is 26.4 Å². The first-order valence-electron chi connectivity index (χ1n) is 7.44. The average Bonchev–Trinajstić information content (AvgIpc) is 2.57. The fraction of sp³-hybridized carbons (Fsp3) is 0.176. The smallest absolute Gasteiger partial charge is 0.258 e. The van der Waals surface area contributed by atoms with Crippen molar-refractivity contribution in [2.75, 3.05) is 19.7 Å². The molecule has 138 valence electrons. The van der Waals surface area contributed by atoms with Gasteiger partial charge in [-0.15, -0.1) is 0 Å². The third-order valence-corrected chi connectivity index (χ3v) is 4.24. The molecular formula is C17H14Cl4N2O3. The lowest BCUT2D eigenvalue weighted by molar-refractivity contribution is -0.123. The quantitative estimate of drug-likeness (QED) is 0.639. The summed E-state index contributed by atoms with van der Waals surface area (Å²) in [6.07, 6.45) is 0. The van der Waals surface area contributed by atoms with Crippen molar-refractivity contribution in [2.24, 2.45) is 0 Å². The highest BCUT2D eigenvalue weighted by Crippen LogP contribution is 2.27. The van der Waals surface area contributed by atoms with Crippen molar-refractivity contribution in [2.45, 2.75) is 0 Å². The maximum atomic E-state index is 12.0. The van der Waals surface area contributed by atoms with E-state index in [2.05, 4.69) is 10.6 Å². The van der Waals surface area contributed by atoms with Gasteiger partial charge in [0.15, 0.2) is 6.61 Å². The highest BCUT2D eigenvalue weighted by atomic mass is 35.5. The van der Waals surface area contributed by atoms with E-state index in [4.69, 9.17) is 51.1 Å². The molecule has 0 bridgehead atoms. The topological polar surface area (TPSA) is 67.4 Å². The molecule has 26 heavy (non-hydrogen) atoms. The van der Waals surface area contributed by atoms with Crippen molar-refractivity contribution in [3.05, 3.63) is 62.1 Å². The van der Waals surface area contributed by atoms with Crippen LogP contribution >= 0.6 is 46.4 Å². The maximum Gasteiger partial charge on any atom is 0.258 e. The van der Waals surface area contributed by atoms with Crippen LogP contribution in [0.25, 0.3) is 0 Å². The number of hydrogen-bond acceptors (Lipinski definition) is 3. The second-order valence-corrected chi connectivity index (χ2v) is 6.78. The van der Waals surface area contributed by atoms with Crippen LogP contribution in [0.4, 0.5) is 0 Å². The zero-order valence-electron chi connectivity index (χ0n) is 13.3. The van der Waals surface area contributed by atoms with Crippen molar-refractivity contribution in [1.29, 1.82) is 0 Å². The first-order valence-corrected chi connectivity index (χ1v) is 8.96. The van der Waals surface area contributed by atoms with Gasteiger partial charge in [-0.25, -0.2) is 0 Å². The monoisotopic (exact) mass is 434 g/mol. The Morgan fingerprint density at radius 2 is 1.46 bits per heavy atom. The summed E-state index contributed by atoms with van der Waals surface area (Å²) in [5, 5.41) is 6.75. The fourth-order valence-electron chi connectivity index (χ4n) is 1.93. The number of halogens is 4. The molecule has 0 spiro atoms. The highest BCUT2D eigenvalue weighted by molar-refractivity contribution is 6.37. The zero-order valence-corrected chi connectivity index (χ0v) is 16.3. The molecule has 0 heterocycles. The molecule has 0 aliphatic rings. The summed E-state index contributed by atoms with van der Waals surface area (Å²) in [5.74, 6) is -0.350. The van der Waals surface area contributed by atoms with Crippen LogP contribution in [-0.2, 0) is 4.79 Å². The van der Waals surface area contributed by atoms with Gasteiger partial charge in [0, 0.05) is 23.1 Å². The highest BCUT2D eigenvalue weighted by Gasteiger charge is 2.10. The summed E-state index contributed by atoms with van der Waals surface area (Å²) < 4.78 is 5.31. The largest absolute Gasteiger partial charge is 0.482 e. The Balaban J connectivity index is 1.70. The summed E-state index contributed by atoms with van der Waals surface area (Å²) in [4.78, 5) is 23.7. The number of carbonyl (C=O) groups excluding carboxylic acids is 2. The molecule has 2 N–H and O–H groups in total. The molecule has 0 unspecified atom stereocenters. The molecule has 0 fully saturated rings. The van der Waals surface area contributed by atoms with Crippen LogP contribution in [0.2, 0.25) is 20.1 Å². The number of hydrogen-bond donors (Lipinski definition) is 2. The van der Waals surface area contributed by atoms with Gasteiger partial charge in [-0.1, -0.05) is 46.4 Å². The van der Waals surface area contributed by atoms with Gasteiger partial charge in [0.1, 0.15) is 5.75 Å². The summed E-state index contributed by atoms with van der Waals surface area (Å²) in [7, 11) is 0. The van der Waals surface area contributed by atoms with Crippen molar-refractivity contribution in [1.82, 2.24) is 10.6 Å². The molecule has 2 aromatic rings. The lowest BCUT2D eigenvalue weighted by Gasteiger charge is -2.10. The van der Waals surface area contributed by atoms with Gasteiger partial charge in [0.05, 0.1) is 15.6 Å². The number of amides is 2. The number of rotatable bonds is 7. The van der Waals surface area contributed by atoms with Crippen LogP contribution in [-0.4, -0.2) is 31.5 Å². The summed E-state index contributed by atoms with van der Waals surface area (Å²) in [5.41, 5.74) is 0.308. The number of nitrogens with one attached hydrogen (secondary N) is 2. The summed E-state index contributed by atoms with van der Waals surface area (Å²) in [6, 6.07) is 9.30. The minimum absolute atomic E-state index is 0.210. The van der Waals surface area contributed by atoms with Crippen LogP contribution in [0.5, 0.6) is 5.75 Å². The molecule has 0 aromatic heterocycles. The summed E-state index contributed by atoms with van der Waals surface area (Å²) >= 11 is 23.5. The lowest BCUT2D eigenvalue weighted by Crippen LogP contribution is -2.36. The van der Waals surface area contributed by atoms with Crippen molar-refractivity contribution in [3.8, 4) is 5.75 Å². The molecule has 0 saturated heterocycles. The third-order valence-electron chi connectivity index (χ3n) is 3.16. The minimum Gasteiger partial charge on any atom is -0.482 e. The average molecular weight is 436 g/mol. The number of carbonyl (C=O) groups is 2. The second kappa shape index (κ2) is 9.88. The molecule has 2 aromatic carbocycles. The van der Waals surface area contributed by atoms with E-state index >= 15 is 0 Å². The van der Waals surface area contributed by atoms with E-state index < -0.39 is 0 Å². The van der Waals surface area contributed by atoms with E-state index in [1.807, 2.05) is 0 Å². The van der Waals surface area contributed by atoms with Gasteiger partial charge in [-0.3, -0.25) is 9.59 Å². The van der Waals surface area contributed by atoms with E-state index in [-0.39, 0.29) is 36.5 Å². The number of ether oxygens (including phenoxy) is 1. The van der Waals surface area contributed by atoms with Crippen LogP contribution in [0.1, 0.15) is 10.4 Å². The van der Waals surface area contributed by atoms with Gasteiger partial charge >= 0.3 is 0 Å². The first kappa shape index (κ1) is 20.6. The number of benzene rings is 2. The molecule has 0 radical (unpaired) electrons. The Kier molecular flexibility index (Phi) is 7.85. The molecule has 0 aliphatic carbocycles. The fourth-order valence-corrected chi connectivity index (χ4v) is 2.89. The molecule has 0 saturated carbocycles. The van der Waals surface area contributed by atoms with Crippen LogP contribution in [0.3, 0.4) is 0 Å². The Hall–Kier alpha value is -1.66. The molecule has 9 heteroatoms. The Labute approximate surface area is 170 Å². The third kappa shape index (κ3) is 6.25. The minimum atomic E-state index is -0.356. The lowest BCUT2D eigenvalue weighted by atomic mass is 10.2. The van der Waals surface area contributed by atoms with Crippen molar-refractivity contribution in [3.63, 3.8) is 0 Å². The van der Waals surface area contributed by atoms with Crippen LogP contribution in [0, 0.1) is 0 Å². The Bertz CT molecular complexity index is 815. The molecule has 2 amide bonds. The van der Waals surface area contributed by atoms with Crippen molar-refractivity contribution < 1.29 is 14.3 Å². The molecule has 0 aliphatic heterocycles. The maximum absolute atomic E-state index is 12.0. The van der Waals surface area contributed by atoms with Crippen LogP contribution in [0.15, 0.2) is 36.4 Å². The summed E-state index contributed by atoms with van der Waals surface area (Å²) in [6.45, 7) is 0.247.